The molecule has 7 heteroatoms. The van der Waals surface area contributed by atoms with E-state index in [0.717, 1.165) is 25.7 Å². The Morgan fingerprint density at radius 3 is 2.64 bits per heavy atom. The van der Waals surface area contributed by atoms with Crippen molar-refractivity contribution in [3.8, 4) is 5.75 Å². The maximum Gasteiger partial charge on any atom is 0.338 e. The first kappa shape index (κ1) is 23.2. The number of amides is 1. The van der Waals surface area contributed by atoms with Crippen molar-refractivity contribution in [1.82, 2.24) is 0 Å². The van der Waals surface area contributed by atoms with E-state index in [1.54, 1.807) is 24.3 Å². The summed E-state index contributed by atoms with van der Waals surface area (Å²) in [6.45, 7) is 3.93. The molecule has 0 spiro atoms. The molecule has 2 aromatic rings. The third-order valence-corrected chi connectivity index (χ3v) is 6.97. The zero-order valence-electron chi connectivity index (χ0n) is 19.2. The van der Waals surface area contributed by atoms with Crippen LogP contribution in [0.1, 0.15) is 67.4 Å². The Morgan fingerprint density at radius 1 is 1.21 bits per heavy atom. The standard InChI is InChI=1S/C26H30FNO5/c1-25(2,21-13-18(27)8-11-22(21)32-3)15-26(31,17-6-4-5-7-17)24(30)28-19-9-10-20-16(12-19)14-33-23(20)29/h8-13,17,31H,4-7,14-15H2,1-3H3,(H,28,30). The Kier molecular flexibility index (Phi) is 6.18. The molecule has 0 bridgehead atoms. The molecule has 1 fully saturated rings. The molecule has 4 rings (SSSR count). The van der Waals surface area contributed by atoms with E-state index in [9.17, 15) is 19.1 Å². The van der Waals surface area contributed by atoms with Crippen molar-refractivity contribution in [2.75, 3.05) is 12.4 Å². The number of benzene rings is 2. The lowest BCUT2D eigenvalue weighted by atomic mass is 9.69. The number of hydrogen-bond donors (Lipinski definition) is 2. The van der Waals surface area contributed by atoms with Gasteiger partial charge in [-0.2, -0.15) is 0 Å². The van der Waals surface area contributed by atoms with Crippen LogP contribution in [-0.4, -0.2) is 29.7 Å². The number of rotatable bonds is 7. The van der Waals surface area contributed by atoms with Crippen LogP contribution in [0.25, 0.3) is 0 Å². The monoisotopic (exact) mass is 455 g/mol. The van der Waals surface area contributed by atoms with Gasteiger partial charge < -0.3 is 19.9 Å². The lowest BCUT2D eigenvalue weighted by Gasteiger charge is -2.39. The molecule has 1 aliphatic heterocycles. The van der Waals surface area contributed by atoms with Crippen LogP contribution >= 0.6 is 0 Å². The second-order valence-electron chi connectivity index (χ2n) is 9.71. The van der Waals surface area contributed by atoms with Crippen molar-refractivity contribution in [3.63, 3.8) is 0 Å². The molecule has 6 nitrogen and oxygen atoms in total. The highest BCUT2D eigenvalue weighted by Gasteiger charge is 2.49. The highest BCUT2D eigenvalue weighted by molar-refractivity contribution is 5.99. The van der Waals surface area contributed by atoms with E-state index in [1.165, 1.54) is 19.2 Å². The van der Waals surface area contributed by atoms with E-state index in [-0.39, 0.29) is 24.9 Å². The molecule has 0 saturated heterocycles. The number of esters is 1. The van der Waals surface area contributed by atoms with Crippen LogP contribution in [0.2, 0.25) is 0 Å². The van der Waals surface area contributed by atoms with Gasteiger partial charge in [-0.3, -0.25) is 4.79 Å². The second-order valence-corrected chi connectivity index (χ2v) is 9.71. The van der Waals surface area contributed by atoms with Gasteiger partial charge >= 0.3 is 5.97 Å². The van der Waals surface area contributed by atoms with Crippen molar-refractivity contribution in [2.45, 2.75) is 63.6 Å². The predicted molar refractivity (Wildman–Crippen MR) is 122 cm³/mol. The summed E-state index contributed by atoms with van der Waals surface area (Å²) in [5.74, 6) is -0.976. The van der Waals surface area contributed by atoms with E-state index >= 15 is 0 Å². The molecule has 2 aromatic carbocycles. The van der Waals surface area contributed by atoms with Gasteiger partial charge in [-0.25, -0.2) is 9.18 Å². The van der Waals surface area contributed by atoms with Crippen LogP contribution in [0.5, 0.6) is 5.75 Å². The lowest BCUT2D eigenvalue weighted by Crippen LogP contribution is -2.52. The number of carbonyl (C=O) groups is 2. The summed E-state index contributed by atoms with van der Waals surface area (Å²) in [5, 5.41) is 14.7. The zero-order valence-corrected chi connectivity index (χ0v) is 19.2. The highest BCUT2D eigenvalue weighted by Crippen LogP contribution is 2.45. The molecule has 2 aliphatic rings. The van der Waals surface area contributed by atoms with Crippen molar-refractivity contribution in [1.29, 1.82) is 0 Å². The minimum absolute atomic E-state index is 0.100. The first-order valence-corrected chi connectivity index (χ1v) is 11.3. The minimum Gasteiger partial charge on any atom is -0.496 e. The molecule has 2 N–H and O–H groups in total. The summed E-state index contributed by atoms with van der Waals surface area (Å²) >= 11 is 0. The minimum atomic E-state index is -1.66. The highest BCUT2D eigenvalue weighted by atomic mass is 19.1. The van der Waals surface area contributed by atoms with Gasteiger partial charge in [-0.05, 0) is 67.0 Å². The van der Waals surface area contributed by atoms with Crippen LogP contribution in [0.4, 0.5) is 10.1 Å². The number of hydrogen-bond acceptors (Lipinski definition) is 5. The van der Waals surface area contributed by atoms with E-state index in [2.05, 4.69) is 5.32 Å². The van der Waals surface area contributed by atoms with Crippen LogP contribution in [0.15, 0.2) is 36.4 Å². The number of halogens is 1. The second kappa shape index (κ2) is 8.78. The lowest BCUT2D eigenvalue weighted by molar-refractivity contribution is -0.143. The Bertz CT molecular complexity index is 1080. The Labute approximate surface area is 193 Å². The fourth-order valence-corrected chi connectivity index (χ4v) is 5.24. The van der Waals surface area contributed by atoms with E-state index in [0.29, 0.717) is 28.1 Å². The summed E-state index contributed by atoms with van der Waals surface area (Å²) in [6.07, 6.45) is 3.48. The van der Waals surface area contributed by atoms with Gasteiger partial charge in [0.25, 0.3) is 5.91 Å². The average Bonchev–Trinajstić information content (AvgIpc) is 3.44. The molecule has 1 heterocycles. The van der Waals surface area contributed by atoms with E-state index in [4.69, 9.17) is 9.47 Å². The zero-order chi connectivity index (χ0) is 23.8. The molecule has 1 unspecified atom stereocenters. The Hall–Kier alpha value is -2.93. The van der Waals surface area contributed by atoms with Crippen LogP contribution in [0, 0.1) is 11.7 Å². The number of nitrogens with one attached hydrogen (secondary N) is 1. The van der Waals surface area contributed by atoms with Gasteiger partial charge in [-0.1, -0.05) is 26.7 Å². The molecule has 176 valence electrons. The summed E-state index contributed by atoms with van der Waals surface area (Å²) < 4.78 is 24.6. The third kappa shape index (κ3) is 4.47. The summed E-state index contributed by atoms with van der Waals surface area (Å²) in [5.41, 5.74) is -0.134. The first-order chi connectivity index (χ1) is 15.6. The van der Waals surface area contributed by atoms with Gasteiger partial charge in [0.1, 0.15) is 23.8 Å². The molecule has 1 saturated carbocycles. The van der Waals surface area contributed by atoms with Crippen molar-refractivity contribution < 1.29 is 28.6 Å². The van der Waals surface area contributed by atoms with Crippen LogP contribution < -0.4 is 10.1 Å². The SMILES string of the molecule is COc1ccc(F)cc1C(C)(C)CC(O)(C(=O)Nc1ccc2c(c1)COC2=O)C1CCCC1. The fourth-order valence-electron chi connectivity index (χ4n) is 5.24. The van der Waals surface area contributed by atoms with Gasteiger partial charge in [-0.15, -0.1) is 0 Å². The Morgan fingerprint density at radius 2 is 1.94 bits per heavy atom. The number of cyclic esters (lactones) is 1. The molecule has 1 atom stereocenters. The smallest absolute Gasteiger partial charge is 0.338 e. The van der Waals surface area contributed by atoms with E-state index in [1.807, 2.05) is 13.8 Å². The van der Waals surface area contributed by atoms with Gasteiger partial charge in [0.2, 0.25) is 0 Å². The Balaban J connectivity index is 1.64. The van der Waals surface area contributed by atoms with Crippen molar-refractivity contribution in [3.05, 3.63) is 58.9 Å². The maximum atomic E-state index is 14.1. The van der Waals surface area contributed by atoms with Crippen molar-refractivity contribution in [2.24, 2.45) is 5.92 Å². The van der Waals surface area contributed by atoms with Gasteiger partial charge in [0.15, 0.2) is 0 Å². The predicted octanol–water partition coefficient (Wildman–Crippen LogP) is 4.73. The van der Waals surface area contributed by atoms with Crippen LogP contribution in [-0.2, 0) is 21.6 Å². The first-order valence-electron chi connectivity index (χ1n) is 11.3. The van der Waals surface area contributed by atoms with E-state index < -0.39 is 22.7 Å². The molecule has 0 aromatic heterocycles. The number of anilines is 1. The molecule has 1 aliphatic carbocycles. The largest absolute Gasteiger partial charge is 0.496 e. The molecule has 1 amide bonds. The summed E-state index contributed by atoms with van der Waals surface area (Å²) in [7, 11) is 1.52. The summed E-state index contributed by atoms with van der Waals surface area (Å²) in [6, 6.07) is 9.26. The molecular formula is C26H30FNO5. The topological polar surface area (TPSA) is 84.9 Å². The third-order valence-electron chi connectivity index (χ3n) is 6.97. The number of ether oxygens (including phenoxy) is 2. The fraction of sp³-hybridized carbons (Fsp3) is 0.462. The molecule has 0 radical (unpaired) electrons. The normalized spacial score (nSPS) is 17.9. The number of aliphatic hydroxyl groups is 1. The van der Waals surface area contributed by atoms with Crippen LogP contribution in [0.3, 0.4) is 0 Å². The maximum absolute atomic E-state index is 14.1. The quantitative estimate of drug-likeness (QED) is 0.590. The van der Waals surface area contributed by atoms with Gasteiger partial charge in [0.05, 0.1) is 12.7 Å². The van der Waals surface area contributed by atoms with Crippen molar-refractivity contribution >= 4 is 17.6 Å². The molecule has 33 heavy (non-hydrogen) atoms. The number of fused-ring (bicyclic) bond motifs is 1. The number of methoxy groups -OCH3 is 1. The van der Waals surface area contributed by atoms with Gasteiger partial charge in [0, 0.05) is 16.8 Å². The molecular weight excluding hydrogens is 425 g/mol. The number of carbonyl (C=O) groups excluding carboxylic acids is 2. The average molecular weight is 456 g/mol. The summed E-state index contributed by atoms with van der Waals surface area (Å²) in [4.78, 5) is 25.3.